The van der Waals surface area contributed by atoms with Crippen molar-refractivity contribution in [1.82, 2.24) is 19.8 Å². The van der Waals surface area contributed by atoms with E-state index in [9.17, 15) is 9.59 Å². The topological polar surface area (TPSA) is 69.3 Å². The van der Waals surface area contributed by atoms with E-state index in [2.05, 4.69) is 4.98 Å². The molecule has 0 spiro atoms. The fraction of sp³-hybridized carbons (Fsp3) is 0.500. The van der Waals surface area contributed by atoms with Crippen molar-refractivity contribution < 1.29 is 9.59 Å². The first kappa shape index (κ1) is 17.5. The molecule has 0 unspecified atom stereocenters. The van der Waals surface area contributed by atoms with Crippen molar-refractivity contribution in [3.8, 4) is 11.4 Å². The van der Waals surface area contributed by atoms with E-state index in [0.29, 0.717) is 13.1 Å². The third kappa shape index (κ3) is 3.21. The number of H-pyrrole nitrogens is 1. The highest BCUT2D eigenvalue weighted by atomic mass is 16.2. The van der Waals surface area contributed by atoms with Crippen molar-refractivity contribution in [3.05, 3.63) is 41.7 Å². The predicted octanol–water partition coefficient (Wildman–Crippen LogP) is 2.75. The summed E-state index contributed by atoms with van der Waals surface area (Å²) in [4.78, 5) is 37.9. The highest BCUT2D eigenvalue weighted by Gasteiger charge is 2.41. The summed E-state index contributed by atoms with van der Waals surface area (Å²) in [5, 5.41) is 0. The van der Waals surface area contributed by atoms with Gasteiger partial charge in [0.1, 0.15) is 11.9 Å². The van der Waals surface area contributed by atoms with Crippen LogP contribution in [0, 0.1) is 5.92 Å². The average molecular weight is 378 g/mol. The Hall–Kier alpha value is -2.63. The summed E-state index contributed by atoms with van der Waals surface area (Å²) in [5.41, 5.74) is 3.13. The second kappa shape index (κ2) is 7.08. The number of carbonyl (C=O) groups excluding carboxylic acids is 2. The van der Waals surface area contributed by atoms with E-state index < -0.39 is 0 Å². The van der Waals surface area contributed by atoms with Gasteiger partial charge in [-0.2, -0.15) is 0 Å². The largest absolute Gasteiger partial charge is 0.340 e. The lowest BCUT2D eigenvalue weighted by Gasteiger charge is -2.38. The average Bonchev–Trinajstić information content (AvgIpc) is 3.51. The molecule has 3 aliphatic rings. The first-order valence-corrected chi connectivity index (χ1v) is 10.4. The van der Waals surface area contributed by atoms with Gasteiger partial charge in [-0.05, 0) is 32.1 Å². The maximum Gasteiger partial charge on any atom is 0.245 e. The molecular formula is C22H26N4O2. The molecule has 0 bridgehead atoms. The predicted molar refractivity (Wildman–Crippen MR) is 105 cm³/mol. The Balaban J connectivity index is 1.33. The molecule has 0 radical (unpaired) electrons. The Morgan fingerprint density at radius 3 is 2.61 bits per heavy atom. The van der Waals surface area contributed by atoms with E-state index in [1.807, 2.05) is 40.1 Å². The number of hydrogen-bond donors (Lipinski definition) is 1. The summed E-state index contributed by atoms with van der Waals surface area (Å²) in [6, 6.07) is 9.79. The second-order valence-electron chi connectivity index (χ2n) is 8.20. The van der Waals surface area contributed by atoms with Gasteiger partial charge >= 0.3 is 0 Å². The van der Waals surface area contributed by atoms with Gasteiger partial charge in [0.2, 0.25) is 11.8 Å². The summed E-state index contributed by atoms with van der Waals surface area (Å²) < 4.78 is 0. The molecule has 6 heteroatoms. The van der Waals surface area contributed by atoms with Gasteiger partial charge < -0.3 is 14.8 Å². The summed E-state index contributed by atoms with van der Waals surface area (Å²) in [6.45, 7) is 1.95. The van der Waals surface area contributed by atoms with Crippen LogP contribution in [0.1, 0.15) is 43.5 Å². The Morgan fingerprint density at radius 2 is 1.82 bits per heavy atom. The molecule has 1 atom stereocenters. The van der Waals surface area contributed by atoms with Crippen LogP contribution in [0.3, 0.4) is 0 Å². The van der Waals surface area contributed by atoms with Gasteiger partial charge in [-0.15, -0.1) is 0 Å². The summed E-state index contributed by atoms with van der Waals surface area (Å²) in [5.74, 6) is 1.34. The van der Waals surface area contributed by atoms with Gasteiger partial charge in [-0.3, -0.25) is 9.59 Å². The van der Waals surface area contributed by atoms with Crippen molar-refractivity contribution in [2.45, 2.75) is 51.1 Å². The van der Waals surface area contributed by atoms with Gasteiger partial charge in [0.05, 0.1) is 17.9 Å². The van der Waals surface area contributed by atoms with Crippen LogP contribution >= 0.6 is 0 Å². The minimum absolute atomic E-state index is 0.107. The van der Waals surface area contributed by atoms with Crippen molar-refractivity contribution in [1.29, 1.82) is 0 Å². The lowest BCUT2D eigenvalue weighted by atomic mass is 9.99. The van der Waals surface area contributed by atoms with Gasteiger partial charge in [0, 0.05) is 31.0 Å². The van der Waals surface area contributed by atoms with Crippen molar-refractivity contribution in [2.24, 2.45) is 5.92 Å². The Kier molecular flexibility index (Phi) is 4.41. The quantitative estimate of drug-likeness (QED) is 0.893. The lowest BCUT2D eigenvalue weighted by molar-refractivity contribution is -0.149. The zero-order valence-corrected chi connectivity index (χ0v) is 16.1. The minimum atomic E-state index is -0.278. The zero-order chi connectivity index (χ0) is 19.1. The minimum Gasteiger partial charge on any atom is -0.340 e. The van der Waals surface area contributed by atoms with Crippen molar-refractivity contribution >= 4 is 11.8 Å². The van der Waals surface area contributed by atoms with E-state index in [4.69, 9.17) is 4.98 Å². The van der Waals surface area contributed by atoms with Crippen LogP contribution in [0.2, 0.25) is 0 Å². The van der Waals surface area contributed by atoms with Crippen LogP contribution in [0.4, 0.5) is 0 Å². The fourth-order valence-corrected chi connectivity index (χ4v) is 4.44. The van der Waals surface area contributed by atoms with E-state index >= 15 is 0 Å². The number of aromatic nitrogens is 2. The summed E-state index contributed by atoms with van der Waals surface area (Å²) in [7, 11) is 0. The zero-order valence-electron chi connectivity index (χ0n) is 16.1. The molecule has 2 fully saturated rings. The smallest absolute Gasteiger partial charge is 0.245 e. The number of fused-ring (bicyclic) bond motifs is 1. The molecule has 3 heterocycles. The molecule has 1 N–H and O–H groups in total. The lowest BCUT2D eigenvalue weighted by Crippen LogP contribution is -2.54. The normalized spacial score (nSPS) is 22.1. The van der Waals surface area contributed by atoms with Crippen LogP contribution in [-0.2, 0) is 22.6 Å². The number of aromatic amines is 1. The molecule has 2 aromatic rings. The molecular weight excluding hydrogens is 352 g/mol. The third-order valence-corrected chi connectivity index (χ3v) is 6.19. The molecule has 146 valence electrons. The van der Waals surface area contributed by atoms with E-state index in [0.717, 1.165) is 67.8 Å². The first-order valence-electron chi connectivity index (χ1n) is 10.4. The van der Waals surface area contributed by atoms with Gasteiger partial charge in [-0.25, -0.2) is 4.98 Å². The second-order valence-corrected chi connectivity index (χ2v) is 8.20. The maximum atomic E-state index is 13.3. The van der Waals surface area contributed by atoms with Gasteiger partial charge in [0.15, 0.2) is 0 Å². The number of imidazole rings is 1. The molecule has 1 aliphatic carbocycles. The van der Waals surface area contributed by atoms with Crippen LogP contribution in [0.25, 0.3) is 11.4 Å². The Bertz CT molecular complexity index is 887. The van der Waals surface area contributed by atoms with E-state index in [1.54, 1.807) is 0 Å². The number of nitrogens with zero attached hydrogens (tertiary/aromatic N) is 3. The number of rotatable bonds is 3. The van der Waals surface area contributed by atoms with Crippen molar-refractivity contribution in [3.63, 3.8) is 0 Å². The Morgan fingerprint density at radius 1 is 1.00 bits per heavy atom. The number of carbonyl (C=O) groups is 2. The molecule has 28 heavy (non-hydrogen) atoms. The van der Waals surface area contributed by atoms with E-state index in [1.165, 1.54) is 0 Å². The standard InChI is InChI=1S/C22H26N4O2/c27-21(16-9-10-16)26-12-5-4-8-19(26)22(28)25-13-11-17-18(14-25)24-20(23-17)15-6-2-1-3-7-15/h1-3,6-7,16,19H,4-5,8-14H2,(H,23,24)/t19-/m0/s1. The van der Waals surface area contributed by atoms with Crippen LogP contribution < -0.4 is 0 Å². The highest BCUT2D eigenvalue weighted by molar-refractivity contribution is 5.89. The molecule has 1 saturated heterocycles. The number of benzene rings is 1. The third-order valence-electron chi connectivity index (χ3n) is 6.19. The molecule has 2 aliphatic heterocycles. The summed E-state index contributed by atoms with van der Waals surface area (Å²) in [6.07, 6.45) is 5.55. The molecule has 5 rings (SSSR count). The number of likely N-dealkylation sites (tertiary alicyclic amines) is 1. The van der Waals surface area contributed by atoms with Crippen LogP contribution in [-0.4, -0.2) is 50.7 Å². The molecule has 1 aromatic carbocycles. The molecule has 1 aromatic heterocycles. The summed E-state index contributed by atoms with van der Waals surface area (Å²) >= 11 is 0. The number of nitrogens with one attached hydrogen (secondary N) is 1. The van der Waals surface area contributed by atoms with Gasteiger partial charge in [0.25, 0.3) is 0 Å². The van der Waals surface area contributed by atoms with Crippen LogP contribution in [0.5, 0.6) is 0 Å². The Labute approximate surface area is 164 Å². The maximum absolute atomic E-state index is 13.3. The number of amides is 2. The highest BCUT2D eigenvalue weighted by Crippen LogP contribution is 2.34. The first-order chi connectivity index (χ1) is 13.7. The molecule has 6 nitrogen and oxygen atoms in total. The monoisotopic (exact) mass is 378 g/mol. The molecule has 1 saturated carbocycles. The van der Waals surface area contributed by atoms with Gasteiger partial charge in [-0.1, -0.05) is 30.3 Å². The SMILES string of the molecule is O=C([C@@H]1CCCCN1C(=O)C1CC1)N1CCc2nc(-c3ccccc3)[nH]c2C1. The van der Waals surface area contributed by atoms with Crippen LogP contribution in [0.15, 0.2) is 30.3 Å². The molecule has 2 amide bonds. The fourth-order valence-electron chi connectivity index (χ4n) is 4.44. The number of piperidine rings is 1. The number of hydrogen-bond acceptors (Lipinski definition) is 3. The van der Waals surface area contributed by atoms with E-state index in [-0.39, 0.29) is 23.8 Å². The van der Waals surface area contributed by atoms with Crippen molar-refractivity contribution in [2.75, 3.05) is 13.1 Å².